The Labute approximate surface area is 229 Å². The molecule has 14 heteroatoms. The van der Waals surface area contributed by atoms with Gasteiger partial charge in [0.15, 0.2) is 11.4 Å². The Hall–Kier alpha value is -2.93. The van der Waals surface area contributed by atoms with Crippen LogP contribution in [0, 0.1) is 23.0 Å². The molecule has 3 N–H and O–H groups in total. The van der Waals surface area contributed by atoms with Crippen LogP contribution in [0.25, 0.3) is 0 Å². The van der Waals surface area contributed by atoms with Crippen molar-refractivity contribution in [2.45, 2.75) is 75.0 Å². The lowest BCUT2D eigenvalue weighted by Gasteiger charge is -2.37. The fourth-order valence-corrected chi connectivity index (χ4v) is 6.57. The number of fused-ring (bicyclic) bond motifs is 2. The summed E-state index contributed by atoms with van der Waals surface area (Å²) < 4.78 is 83.4. The Balaban J connectivity index is 1.32. The molecule has 1 aromatic carbocycles. The third-order valence-electron chi connectivity index (χ3n) is 8.48. The molecule has 2 bridgehead atoms. The quantitative estimate of drug-likeness (QED) is 0.330. The number of aromatic nitrogens is 2. The highest BCUT2D eigenvalue weighted by molar-refractivity contribution is 6.30. The van der Waals surface area contributed by atoms with Gasteiger partial charge in [0.1, 0.15) is 17.3 Å². The molecule has 5 rings (SSSR count). The predicted molar refractivity (Wildman–Crippen MR) is 129 cm³/mol. The fraction of sp³-hybridized carbons (Fsp3) is 0.538. The first-order valence-corrected chi connectivity index (χ1v) is 13.1. The molecule has 3 aliphatic rings. The number of aliphatic hydroxyl groups excluding tert-OH is 1. The van der Waals surface area contributed by atoms with E-state index in [9.17, 15) is 32.3 Å². The topological polar surface area (TPSA) is 104 Å². The van der Waals surface area contributed by atoms with Crippen molar-refractivity contribution in [1.82, 2.24) is 20.8 Å². The van der Waals surface area contributed by atoms with E-state index in [1.165, 1.54) is 0 Å². The molecule has 216 valence electrons. The number of carbonyl (C=O) groups is 2. The number of carbonyl (C=O) groups excluding carboxylic acids is 2. The Bertz CT molecular complexity index is 1320. The zero-order chi connectivity index (χ0) is 29.0. The van der Waals surface area contributed by atoms with Gasteiger partial charge in [-0.1, -0.05) is 11.6 Å². The van der Waals surface area contributed by atoms with Crippen LogP contribution >= 0.6 is 11.6 Å². The maximum atomic E-state index is 15.2. The molecule has 40 heavy (non-hydrogen) atoms. The van der Waals surface area contributed by atoms with Crippen molar-refractivity contribution in [1.29, 1.82) is 0 Å². The number of nitrogens with one attached hydrogen (secondary N) is 2. The maximum absolute atomic E-state index is 15.2. The van der Waals surface area contributed by atoms with Gasteiger partial charge in [-0.25, -0.2) is 13.2 Å². The number of hydrogen-bond donors (Lipinski definition) is 3. The first-order chi connectivity index (χ1) is 18.7. The largest absolute Gasteiger partial charge is 0.435 e. The Kier molecular flexibility index (Phi) is 7.26. The van der Waals surface area contributed by atoms with Crippen molar-refractivity contribution in [3.05, 3.63) is 57.9 Å². The van der Waals surface area contributed by atoms with E-state index in [0.29, 0.717) is 18.9 Å². The minimum Gasteiger partial charge on any atom is -0.391 e. The number of hydrogen-bond acceptors (Lipinski definition) is 5. The molecule has 3 aliphatic carbocycles. The lowest BCUT2D eigenvalue weighted by Crippen LogP contribution is -2.43. The van der Waals surface area contributed by atoms with Crippen LogP contribution in [0.4, 0.5) is 26.3 Å². The Morgan fingerprint density at radius 2 is 1.75 bits per heavy atom. The van der Waals surface area contributed by atoms with Crippen molar-refractivity contribution in [3.63, 3.8) is 0 Å². The molecule has 0 radical (unpaired) electrons. The third kappa shape index (κ3) is 5.25. The number of amides is 2. The fourth-order valence-electron chi connectivity index (χ4n) is 6.40. The summed E-state index contributed by atoms with van der Waals surface area (Å²) in [6.45, 7) is 0. The predicted octanol–water partition coefficient (Wildman–Crippen LogP) is 4.83. The molecule has 1 aromatic heterocycles. The van der Waals surface area contributed by atoms with Gasteiger partial charge < -0.3 is 15.7 Å². The molecular formula is C26H25ClF6N4O3. The van der Waals surface area contributed by atoms with Crippen LogP contribution in [0.2, 0.25) is 5.02 Å². The van der Waals surface area contributed by atoms with Gasteiger partial charge in [0.05, 0.1) is 23.2 Å². The van der Waals surface area contributed by atoms with Crippen molar-refractivity contribution < 1.29 is 41.0 Å². The van der Waals surface area contributed by atoms with E-state index in [1.54, 1.807) is 0 Å². The van der Waals surface area contributed by atoms with Gasteiger partial charge in [0, 0.05) is 11.5 Å². The average Bonchev–Trinajstić information content (AvgIpc) is 3.56. The van der Waals surface area contributed by atoms with Gasteiger partial charge in [0.25, 0.3) is 5.91 Å². The second kappa shape index (κ2) is 10.2. The normalized spacial score (nSPS) is 30.4. The molecule has 2 aromatic rings. The average molecular weight is 591 g/mol. The molecule has 3 saturated carbocycles. The van der Waals surface area contributed by atoms with Crippen LogP contribution in [0.1, 0.15) is 72.7 Å². The Morgan fingerprint density at radius 1 is 1.05 bits per heavy atom. The first-order valence-electron chi connectivity index (χ1n) is 12.7. The highest BCUT2D eigenvalue weighted by atomic mass is 35.5. The zero-order valence-electron chi connectivity index (χ0n) is 20.9. The summed E-state index contributed by atoms with van der Waals surface area (Å²) in [4.78, 5) is 25.9. The van der Waals surface area contributed by atoms with Gasteiger partial charge in [-0.05, 0) is 74.6 Å². The molecule has 3 fully saturated rings. The summed E-state index contributed by atoms with van der Waals surface area (Å²) in [6.07, 6.45) is -5.08. The van der Waals surface area contributed by atoms with Gasteiger partial charge in [0.2, 0.25) is 5.91 Å². The second-order valence-corrected chi connectivity index (χ2v) is 11.4. The van der Waals surface area contributed by atoms with Crippen molar-refractivity contribution in [2.75, 3.05) is 0 Å². The lowest BCUT2D eigenvalue weighted by atomic mass is 9.74. The summed E-state index contributed by atoms with van der Waals surface area (Å²) in [5.41, 5.74) is -4.55. The second-order valence-electron chi connectivity index (χ2n) is 11.0. The van der Waals surface area contributed by atoms with E-state index in [4.69, 9.17) is 11.6 Å². The summed E-state index contributed by atoms with van der Waals surface area (Å²) >= 11 is 5.93. The van der Waals surface area contributed by atoms with E-state index in [0.717, 1.165) is 18.2 Å². The number of halogens is 7. The number of nitrogens with zero attached hydrogens (tertiary/aromatic N) is 2. The first kappa shape index (κ1) is 28.6. The van der Waals surface area contributed by atoms with E-state index < -0.39 is 81.8 Å². The van der Waals surface area contributed by atoms with Gasteiger partial charge >= 0.3 is 6.18 Å². The number of benzene rings is 1. The summed E-state index contributed by atoms with van der Waals surface area (Å²) in [5.74, 6) is -4.41. The van der Waals surface area contributed by atoms with Crippen LogP contribution in [0.5, 0.6) is 0 Å². The maximum Gasteiger partial charge on any atom is 0.435 e. The standard InChI is InChI=1S/C26H25ClF6N4O3/c27-13-1-2-14(28)19(20(13)29)21(24-5-7-25(30,11-24)8-6-24)35-22(39)12-9-16(17(38)10-12)34-23(40)15-3-4-18(37-36-15)26(31,32)33/h1-4,12,16-17,21,38H,5-11H2,(H,34,40)(H,35,39)/t12-,16-,17+,21+,24?,25?/m0/s1. The monoisotopic (exact) mass is 590 g/mol. The van der Waals surface area contributed by atoms with E-state index in [1.807, 2.05) is 0 Å². The summed E-state index contributed by atoms with van der Waals surface area (Å²) in [6, 6.07) is 1.29. The molecule has 7 nitrogen and oxygen atoms in total. The van der Waals surface area contributed by atoms with Crippen LogP contribution in [-0.2, 0) is 11.0 Å². The zero-order valence-corrected chi connectivity index (χ0v) is 21.6. The lowest BCUT2D eigenvalue weighted by molar-refractivity contribution is -0.141. The highest BCUT2D eigenvalue weighted by Gasteiger charge is 2.59. The number of rotatable bonds is 6. The molecule has 0 unspecified atom stereocenters. The molecule has 2 amide bonds. The van der Waals surface area contributed by atoms with Gasteiger partial charge in [-0.15, -0.1) is 10.2 Å². The molecule has 4 atom stereocenters. The van der Waals surface area contributed by atoms with Crippen LogP contribution in [-0.4, -0.2) is 44.9 Å². The molecule has 0 spiro atoms. The molecule has 1 heterocycles. The SMILES string of the molecule is O=C(N[C@H]1C[C@H](C(=O)N[C@H](c2c(F)ccc(Cl)c2F)C23CCC(F)(CC2)C3)C[C@H]1O)c1ccc(C(F)(F)F)nn1. The smallest absolute Gasteiger partial charge is 0.391 e. The van der Waals surface area contributed by atoms with Gasteiger partial charge in [-0.2, -0.15) is 13.2 Å². The number of aliphatic hydroxyl groups is 1. The Morgan fingerprint density at radius 3 is 2.33 bits per heavy atom. The molecular weight excluding hydrogens is 566 g/mol. The minimum absolute atomic E-state index is 0.0243. The van der Waals surface area contributed by atoms with Crippen LogP contribution in [0.15, 0.2) is 24.3 Å². The minimum atomic E-state index is -4.73. The van der Waals surface area contributed by atoms with Crippen molar-refractivity contribution >= 4 is 23.4 Å². The third-order valence-corrected chi connectivity index (χ3v) is 8.77. The molecule has 0 saturated heterocycles. The van der Waals surface area contributed by atoms with Crippen LogP contribution < -0.4 is 10.6 Å². The number of alkyl halides is 4. The van der Waals surface area contributed by atoms with Crippen LogP contribution in [0.3, 0.4) is 0 Å². The van der Waals surface area contributed by atoms with E-state index in [2.05, 4.69) is 20.8 Å². The molecule has 0 aliphatic heterocycles. The van der Waals surface area contributed by atoms with E-state index >= 15 is 8.78 Å². The van der Waals surface area contributed by atoms with Crippen molar-refractivity contribution in [3.8, 4) is 0 Å². The van der Waals surface area contributed by atoms with E-state index in [-0.39, 0.29) is 37.1 Å². The van der Waals surface area contributed by atoms with Gasteiger partial charge in [-0.3, -0.25) is 9.59 Å². The van der Waals surface area contributed by atoms with Crippen molar-refractivity contribution in [2.24, 2.45) is 11.3 Å². The highest BCUT2D eigenvalue weighted by Crippen LogP contribution is 2.63. The summed E-state index contributed by atoms with van der Waals surface area (Å²) in [7, 11) is 0. The summed E-state index contributed by atoms with van der Waals surface area (Å²) in [5, 5.41) is 21.6.